The molecule has 96 valence electrons. The Labute approximate surface area is 108 Å². The normalized spacial score (nSPS) is 28.4. The molecule has 3 heteroatoms. The molecule has 3 atom stereocenters. The topological polar surface area (TPSA) is 41.1 Å². The minimum atomic E-state index is -0.0784. The van der Waals surface area contributed by atoms with E-state index >= 15 is 0 Å². The average Bonchev–Trinajstić information content (AvgIpc) is 2.94. The number of hydrogen-bond acceptors (Lipinski definition) is 2. The van der Waals surface area contributed by atoms with E-state index in [9.17, 15) is 4.79 Å². The molecule has 0 spiro atoms. The molecule has 1 aliphatic carbocycles. The van der Waals surface area contributed by atoms with Gasteiger partial charge in [0.15, 0.2) is 0 Å². The second-order valence-electron chi connectivity index (χ2n) is 5.46. The van der Waals surface area contributed by atoms with Gasteiger partial charge in [-0.3, -0.25) is 4.79 Å². The highest BCUT2D eigenvalue weighted by atomic mass is 16.2. The molecule has 1 aliphatic heterocycles. The van der Waals surface area contributed by atoms with Gasteiger partial charge in [0.2, 0.25) is 5.91 Å². The lowest BCUT2D eigenvalue weighted by Crippen LogP contribution is -2.40. The molecule has 0 bridgehead atoms. The van der Waals surface area contributed by atoms with Crippen LogP contribution >= 0.6 is 0 Å². The first-order valence-corrected chi connectivity index (χ1v) is 6.92. The Morgan fingerprint density at radius 3 is 3.06 bits per heavy atom. The minimum Gasteiger partial charge on any atom is -0.373 e. The number of rotatable bonds is 4. The van der Waals surface area contributed by atoms with Crippen LogP contribution in [0.25, 0.3) is 0 Å². The summed E-state index contributed by atoms with van der Waals surface area (Å²) in [5.74, 6) is 0.887. The molecule has 2 aliphatic rings. The molecule has 1 fully saturated rings. The fourth-order valence-electron chi connectivity index (χ4n) is 2.85. The van der Waals surface area contributed by atoms with Crippen LogP contribution in [-0.2, 0) is 11.2 Å². The molecule has 0 radical (unpaired) electrons. The van der Waals surface area contributed by atoms with Gasteiger partial charge in [-0.25, -0.2) is 0 Å². The summed E-state index contributed by atoms with van der Waals surface area (Å²) in [6.45, 7) is 2.20. The summed E-state index contributed by atoms with van der Waals surface area (Å²) in [5.41, 5.74) is 2.36. The molecule has 1 saturated carbocycles. The van der Waals surface area contributed by atoms with Crippen molar-refractivity contribution in [3.8, 4) is 0 Å². The summed E-state index contributed by atoms with van der Waals surface area (Å²) < 4.78 is 0. The summed E-state index contributed by atoms with van der Waals surface area (Å²) in [7, 11) is 0. The van der Waals surface area contributed by atoms with Gasteiger partial charge >= 0.3 is 0 Å². The van der Waals surface area contributed by atoms with E-state index in [2.05, 4.69) is 23.6 Å². The zero-order valence-corrected chi connectivity index (χ0v) is 10.8. The van der Waals surface area contributed by atoms with Gasteiger partial charge < -0.3 is 10.6 Å². The largest absolute Gasteiger partial charge is 0.373 e. The van der Waals surface area contributed by atoms with E-state index in [1.807, 2.05) is 18.2 Å². The van der Waals surface area contributed by atoms with Crippen molar-refractivity contribution in [3.05, 3.63) is 29.8 Å². The van der Waals surface area contributed by atoms with Crippen LogP contribution in [0, 0.1) is 5.92 Å². The van der Waals surface area contributed by atoms with Gasteiger partial charge in [0.25, 0.3) is 0 Å². The fourth-order valence-corrected chi connectivity index (χ4v) is 2.85. The summed E-state index contributed by atoms with van der Waals surface area (Å²) in [6, 6.07) is 8.52. The smallest absolute Gasteiger partial charge is 0.243 e. The molecule has 0 aromatic heterocycles. The molecule has 1 amide bonds. The summed E-state index contributed by atoms with van der Waals surface area (Å²) >= 11 is 0. The predicted octanol–water partition coefficient (Wildman–Crippen LogP) is 2.33. The number of nitrogens with one attached hydrogen (secondary N) is 2. The summed E-state index contributed by atoms with van der Waals surface area (Å²) in [6.07, 6.45) is 4.43. The lowest BCUT2D eigenvalue weighted by molar-refractivity contribution is -0.121. The second kappa shape index (κ2) is 4.63. The quantitative estimate of drug-likeness (QED) is 0.853. The Morgan fingerprint density at radius 1 is 1.44 bits per heavy atom. The van der Waals surface area contributed by atoms with Crippen molar-refractivity contribution in [3.63, 3.8) is 0 Å². The lowest BCUT2D eigenvalue weighted by Gasteiger charge is -2.11. The van der Waals surface area contributed by atoms with Crippen LogP contribution in [-0.4, -0.2) is 18.0 Å². The zero-order valence-electron chi connectivity index (χ0n) is 10.8. The Kier molecular flexibility index (Phi) is 2.98. The summed E-state index contributed by atoms with van der Waals surface area (Å²) in [5, 5.41) is 6.47. The number of anilines is 1. The molecular weight excluding hydrogens is 224 g/mol. The molecule has 2 N–H and O–H groups in total. The molecule has 1 aromatic carbocycles. The Bertz CT molecular complexity index is 433. The third-order valence-electron chi connectivity index (χ3n) is 4.00. The van der Waals surface area contributed by atoms with Crippen LogP contribution in [0.3, 0.4) is 0 Å². The van der Waals surface area contributed by atoms with Gasteiger partial charge in [-0.1, -0.05) is 31.5 Å². The van der Waals surface area contributed by atoms with Gasteiger partial charge in [0.1, 0.15) is 6.04 Å². The maximum Gasteiger partial charge on any atom is 0.243 e. The number of carbonyl (C=O) groups excluding carboxylic acids is 1. The Hall–Kier alpha value is -1.51. The van der Waals surface area contributed by atoms with Crippen molar-refractivity contribution in [1.29, 1.82) is 0 Å². The van der Waals surface area contributed by atoms with E-state index < -0.39 is 0 Å². The molecular formula is C15H20N2O. The number of benzene rings is 1. The number of fused-ring (bicyclic) bond motifs is 1. The zero-order chi connectivity index (χ0) is 12.5. The van der Waals surface area contributed by atoms with Crippen LogP contribution in [0.5, 0.6) is 0 Å². The van der Waals surface area contributed by atoms with Crippen LogP contribution in [0.4, 0.5) is 5.69 Å². The van der Waals surface area contributed by atoms with Crippen molar-refractivity contribution in [2.75, 3.05) is 5.32 Å². The minimum absolute atomic E-state index is 0.0784. The molecule has 18 heavy (non-hydrogen) atoms. The van der Waals surface area contributed by atoms with Gasteiger partial charge in [-0.15, -0.1) is 0 Å². The van der Waals surface area contributed by atoms with Crippen molar-refractivity contribution >= 4 is 11.6 Å². The standard InChI is InChI=1S/C15H20N2O/c1-2-5-10-8-13(10)17-15(18)14-9-11-6-3-4-7-12(11)16-14/h3-4,6-7,10,13-14,16H,2,5,8-9H2,1H3,(H,17,18)/t10?,13?,14-/m0/s1. The molecule has 0 saturated heterocycles. The average molecular weight is 244 g/mol. The van der Waals surface area contributed by atoms with E-state index in [1.165, 1.54) is 24.8 Å². The SMILES string of the molecule is CCCC1CC1NC(=O)[C@@H]1Cc2ccccc2N1. The highest BCUT2D eigenvalue weighted by Crippen LogP contribution is 2.35. The first-order chi connectivity index (χ1) is 8.78. The maximum absolute atomic E-state index is 12.1. The van der Waals surface area contributed by atoms with Gasteiger partial charge in [0.05, 0.1) is 0 Å². The van der Waals surface area contributed by atoms with E-state index in [-0.39, 0.29) is 11.9 Å². The van der Waals surface area contributed by atoms with Crippen molar-refractivity contribution in [2.24, 2.45) is 5.92 Å². The molecule has 3 nitrogen and oxygen atoms in total. The van der Waals surface area contributed by atoms with Gasteiger partial charge in [0, 0.05) is 18.2 Å². The molecule has 3 rings (SSSR count). The Balaban J connectivity index is 1.54. The summed E-state index contributed by atoms with van der Waals surface area (Å²) in [4.78, 5) is 12.1. The lowest BCUT2D eigenvalue weighted by atomic mass is 10.1. The van der Waals surface area contributed by atoms with Crippen molar-refractivity contribution < 1.29 is 4.79 Å². The number of carbonyl (C=O) groups is 1. The van der Waals surface area contributed by atoms with E-state index in [0.29, 0.717) is 6.04 Å². The van der Waals surface area contributed by atoms with Crippen LogP contribution in [0.2, 0.25) is 0 Å². The van der Waals surface area contributed by atoms with Gasteiger partial charge in [-0.2, -0.15) is 0 Å². The number of amides is 1. The highest BCUT2D eigenvalue weighted by molar-refractivity contribution is 5.87. The van der Waals surface area contributed by atoms with Crippen LogP contribution < -0.4 is 10.6 Å². The van der Waals surface area contributed by atoms with Crippen molar-refractivity contribution in [2.45, 2.75) is 44.7 Å². The third kappa shape index (κ3) is 2.22. The van der Waals surface area contributed by atoms with Gasteiger partial charge in [-0.05, 0) is 30.4 Å². The fraction of sp³-hybridized carbons (Fsp3) is 0.533. The van der Waals surface area contributed by atoms with E-state index in [0.717, 1.165) is 18.0 Å². The molecule has 2 unspecified atom stereocenters. The first-order valence-electron chi connectivity index (χ1n) is 6.92. The Morgan fingerprint density at radius 2 is 2.28 bits per heavy atom. The maximum atomic E-state index is 12.1. The first kappa shape index (κ1) is 11.6. The third-order valence-corrected chi connectivity index (χ3v) is 4.00. The van der Waals surface area contributed by atoms with E-state index in [4.69, 9.17) is 0 Å². The second-order valence-corrected chi connectivity index (χ2v) is 5.46. The number of hydrogen-bond donors (Lipinski definition) is 2. The monoisotopic (exact) mass is 244 g/mol. The highest BCUT2D eigenvalue weighted by Gasteiger charge is 2.39. The predicted molar refractivity (Wildman–Crippen MR) is 72.5 cm³/mol. The van der Waals surface area contributed by atoms with Crippen molar-refractivity contribution in [1.82, 2.24) is 5.32 Å². The van der Waals surface area contributed by atoms with Crippen LogP contribution in [0.15, 0.2) is 24.3 Å². The molecule has 1 aromatic rings. The van der Waals surface area contributed by atoms with E-state index in [1.54, 1.807) is 0 Å². The number of para-hydroxylation sites is 1. The molecule has 1 heterocycles. The van der Waals surface area contributed by atoms with Crippen LogP contribution in [0.1, 0.15) is 31.7 Å².